The lowest BCUT2D eigenvalue weighted by Gasteiger charge is -2.25. The van der Waals surface area contributed by atoms with Crippen LogP contribution in [-0.4, -0.2) is 27.9 Å². The molecular formula is C18H21N3OS. The molecule has 2 aromatic rings. The number of benzene rings is 1. The van der Waals surface area contributed by atoms with Crippen LogP contribution in [0.4, 0.5) is 0 Å². The van der Waals surface area contributed by atoms with Gasteiger partial charge in [0.25, 0.3) is 0 Å². The van der Waals surface area contributed by atoms with E-state index in [4.69, 9.17) is 4.98 Å². The first-order valence-electron chi connectivity index (χ1n) is 7.97. The Hall–Kier alpha value is -1.88. The molecule has 1 aromatic carbocycles. The molecule has 1 unspecified atom stereocenters. The van der Waals surface area contributed by atoms with Gasteiger partial charge < -0.3 is 5.32 Å². The number of carbonyl (C=O) groups is 1. The van der Waals surface area contributed by atoms with Crippen LogP contribution < -0.4 is 5.32 Å². The van der Waals surface area contributed by atoms with Crippen LogP contribution in [0.3, 0.4) is 0 Å². The molecule has 0 spiro atoms. The van der Waals surface area contributed by atoms with Gasteiger partial charge in [-0.05, 0) is 25.5 Å². The summed E-state index contributed by atoms with van der Waals surface area (Å²) < 4.78 is 0. The summed E-state index contributed by atoms with van der Waals surface area (Å²) in [6, 6.07) is 10.1. The highest BCUT2D eigenvalue weighted by atomic mass is 32.2. The Bertz CT molecular complexity index is 675. The first-order chi connectivity index (χ1) is 11.3. The van der Waals surface area contributed by atoms with Gasteiger partial charge in [0.2, 0.25) is 5.91 Å². The number of aryl methyl sites for hydroxylation is 1. The third-order valence-electron chi connectivity index (χ3n) is 4.08. The summed E-state index contributed by atoms with van der Waals surface area (Å²) >= 11 is 1.69. The van der Waals surface area contributed by atoms with Gasteiger partial charge in [-0.15, -0.1) is 0 Å². The summed E-state index contributed by atoms with van der Waals surface area (Å²) in [4.78, 5) is 21.3. The van der Waals surface area contributed by atoms with E-state index in [1.165, 1.54) is 0 Å². The summed E-state index contributed by atoms with van der Waals surface area (Å²) in [6.45, 7) is 0. The smallest absolute Gasteiger partial charge is 0.221 e. The molecule has 1 aliphatic rings. The molecule has 0 radical (unpaired) electrons. The summed E-state index contributed by atoms with van der Waals surface area (Å²) in [5.41, 5.74) is 3.18. The molecule has 1 atom stereocenters. The predicted octanol–water partition coefficient (Wildman–Crippen LogP) is 3.39. The summed E-state index contributed by atoms with van der Waals surface area (Å²) in [5.74, 6) is 1.73. The van der Waals surface area contributed by atoms with Gasteiger partial charge in [0, 0.05) is 35.2 Å². The summed E-state index contributed by atoms with van der Waals surface area (Å²) in [6.07, 6.45) is 7.44. The number of nitrogens with zero attached hydrogens (tertiary/aromatic N) is 2. The van der Waals surface area contributed by atoms with Crippen LogP contribution in [0.5, 0.6) is 0 Å². The lowest BCUT2D eigenvalue weighted by molar-refractivity contribution is -0.121. The second-order valence-electron chi connectivity index (χ2n) is 5.72. The van der Waals surface area contributed by atoms with Gasteiger partial charge >= 0.3 is 0 Å². The van der Waals surface area contributed by atoms with Crippen molar-refractivity contribution < 1.29 is 4.79 Å². The van der Waals surface area contributed by atoms with Crippen LogP contribution in [-0.2, 0) is 11.2 Å². The van der Waals surface area contributed by atoms with E-state index in [2.05, 4.69) is 10.3 Å². The number of aromatic nitrogens is 2. The second-order valence-corrected chi connectivity index (χ2v) is 6.70. The molecule has 120 valence electrons. The Balaban J connectivity index is 1.79. The zero-order valence-corrected chi connectivity index (χ0v) is 14.1. The second kappa shape index (κ2) is 7.59. The Labute approximate surface area is 141 Å². The van der Waals surface area contributed by atoms with Crippen LogP contribution in [0, 0.1) is 0 Å². The maximum atomic E-state index is 12.0. The molecular weight excluding hydrogens is 306 g/mol. The highest BCUT2D eigenvalue weighted by Crippen LogP contribution is 2.29. The van der Waals surface area contributed by atoms with Crippen molar-refractivity contribution in [3.63, 3.8) is 0 Å². The lowest BCUT2D eigenvalue weighted by Crippen LogP contribution is -2.31. The van der Waals surface area contributed by atoms with Crippen LogP contribution in [0.25, 0.3) is 11.4 Å². The summed E-state index contributed by atoms with van der Waals surface area (Å²) in [5, 5.41) is 3.14. The average Bonchev–Trinajstić information content (AvgIpc) is 2.60. The molecule has 0 fully saturated rings. The lowest BCUT2D eigenvalue weighted by atomic mass is 9.92. The molecule has 23 heavy (non-hydrogen) atoms. The minimum atomic E-state index is 0.0536. The summed E-state index contributed by atoms with van der Waals surface area (Å²) in [7, 11) is 0. The van der Waals surface area contributed by atoms with Gasteiger partial charge in [-0.1, -0.05) is 30.3 Å². The largest absolute Gasteiger partial charge is 0.349 e. The molecule has 0 saturated heterocycles. The van der Waals surface area contributed by atoms with Crippen molar-refractivity contribution in [3.8, 4) is 11.4 Å². The maximum Gasteiger partial charge on any atom is 0.221 e. The highest BCUT2D eigenvalue weighted by Gasteiger charge is 2.23. The Morgan fingerprint density at radius 2 is 2.17 bits per heavy atom. The van der Waals surface area contributed by atoms with Gasteiger partial charge in [0.1, 0.15) is 0 Å². The molecule has 3 rings (SSSR count). The number of fused-ring (bicyclic) bond motifs is 1. The molecule has 1 aromatic heterocycles. The van der Waals surface area contributed by atoms with Gasteiger partial charge in [-0.25, -0.2) is 9.97 Å². The van der Waals surface area contributed by atoms with Crippen molar-refractivity contribution in [1.82, 2.24) is 15.3 Å². The van der Waals surface area contributed by atoms with Crippen molar-refractivity contribution in [2.75, 3.05) is 12.0 Å². The normalized spacial score (nSPS) is 16.7. The van der Waals surface area contributed by atoms with Gasteiger partial charge in [-0.2, -0.15) is 11.8 Å². The third kappa shape index (κ3) is 3.91. The molecule has 1 aliphatic carbocycles. The van der Waals surface area contributed by atoms with E-state index in [-0.39, 0.29) is 11.9 Å². The van der Waals surface area contributed by atoms with E-state index in [0.717, 1.165) is 47.7 Å². The molecule has 1 amide bonds. The predicted molar refractivity (Wildman–Crippen MR) is 94.3 cm³/mol. The molecule has 0 aliphatic heterocycles. The molecule has 0 bridgehead atoms. The van der Waals surface area contributed by atoms with E-state index >= 15 is 0 Å². The fraction of sp³-hybridized carbons (Fsp3) is 0.389. The number of hydrogen-bond acceptors (Lipinski definition) is 4. The van der Waals surface area contributed by atoms with Crippen molar-refractivity contribution in [3.05, 3.63) is 47.8 Å². The van der Waals surface area contributed by atoms with E-state index in [1.807, 2.05) is 42.8 Å². The van der Waals surface area contributed by atoms with Crippen molar-refractivity contribution >= 4 is 17.7 Å². The van der Waals surface area contributed by atoms with E-state index in [1.54, 1.807) is 11.8 Å². The molecule has 0 saturated carbocycles. The fourth-order valence-corrected chi connectivity index (χ4v) is 3.27. The number of amides is 1. The van der Waals surface area contributed by atoms with E-state index < -0.39 is 0 Å². The van der Waals surface area contributed by atoms with Crippen LogP contribution in [0.1, 0.15) is 36.6 Å². The number of carbonyl (C=O) groups excluding carboxylic acids is 1. The topological polar surface area (TPSA) is 54.9 Å². The SMILES string of the molecule is CSCCC(=O)NC1CCCc2nc(-c3ccccc3)ncc21. The van der Waals surface area contributed by atoms with E-state index in [0.29, 0.717) is 6.42 Å². The van der Waals surface area contributed by atoms with E-state index in [9.17, 15) is 4.79 Å². The minimum Gasteiger partial charge on any atom is -0.349 e. The van der Waals surface area contributed by atoms with Gasteiger partial charge in [0.05, 0.1) is 6.04 Å². The van der Waals surface area contributed by atoms with Gasteiger partial charge in [-0.3, -0.25) is 4.79 Å². The first-order valence-corrected chi connectivity index (χ1v) is 9.37. The maximum absolute atomic E-state index is 12.0. The van der Waals surface area contributed by atoms with Crippen molar-refractivity contribution in [1.29, 1.82) is 0 Å². The third-order valence-corrected chi connectivity index (χ3v) is 4.69. The van der Waals surface area contributed by atoms with Crippen LogP contribution in [0.15, 0.2) is 36.5 Å². The standard InChI is InChI=1S/C18H21N3OS/c1-23-11-10-17(22)20-15-8-5-9-16-14(15)12-19-18(21-16)13-6-3-2-4-7-13/h2-4,6-7,12,15H,5,8-11H2,1H3,(H,20,22). The Morgan fingerprint density at radius 1 is 1.35 bits per heavy atom. The minimum absolute atomic E-state index is 0.0536. The number of rotatable bonds is 5. The van der Waals surface area contributed by atoms with Crippen molar-refractivity contribution in [2.45, 2.75) is 31.7 Å². The molecule has 4 nitrogen and oxygen atoms in total. The fourth-order valence-electron chi connectivity index (χ4n) is 2.88. The van der Waals surface area contributed by atoms with Crippen LogP contribution >= 0.6 is 11.8 Å². The number of nitrogens with one attached hydrogen (secondary N) is 1. The average molecular weight is 327 g/mol. The quantitative estimate of drug-likeness (QED) is 0.914. The Morgan fingerprint density at radius 3 is 2.96 bits per heavy atom. The molecule has 1 N–H and O–H groups in total. The zero-order chi connectivity index (χ0) is 16.1. The molecule has 5 heteroatoms. The number of thioether (sulfide) groups is 1. The highest BCUT2D eigenvalue weighted by molar-refractivity contribution is 7.98. The first kappa shape index (κ1) is 16.0. The Kier molecular flexibility index (Phi) is 5.28. The zero-order valence-electron chi connectivity index (χ0n) is 13.3. The van der Waals surface area contributed by atoms with Crippen LogP contribution in [0.2, 0.25) is 0 Å². The monoisotopic (exact) mass is 327 g/mol. The number of hydrogen-bond donors (Lipinski definition) is 1. The van der Waals surface area contributed by atoms with Gasteiger partial charge in [0.15, 0.2) is 5.82 Å². The van der Waals surface area contributed by atoms with Crippen molar-refractivity contribution in [2.24, 2.45) is 0 Å². The molecule has 1 heterocycles.